The van der Waals surface area contributed by atoms with Crippen LogP contribution < -0.4 is 16.4 Å². The van der Waals surface area contributed by atoms with Crippen LogP contribution in [0, 0.1) is 0 Å². The standard InChI is InChI=1S/C12H15N3OS/c1-12(2)6-14-10(16)8-4-3-7(5-9(8)12)15-11(13)17/h3-5H,6H2,1-2H3,(H,14,16)(H3,13,15,17). The monoisotopic (exact) mass is 249 g/mol. The van der Waals surface area contributed by atoms with Crippen LogP contribution in [0.25, 0.3) is 0 Å². The number of hydrogen-bond donors (Lipinski definition) is 3. The van der Waals surface area contributed by atoms with Crippen LogP contribution in [0.2, 0.25) is 0 Å². The van der Waals surface area contributed by atoms with Crippen molar-refractivity contribution in [3.63, 3.8) is 0 Å². The van der Waals surface area contributed by atoms with Gasteiger partial charge in [-0.25, -0.2) is 0 Å². The molecule has 0 aromatic heterocycles. The minimum atomic E-state index is -0.0862. The molecule has 0 spiro atoms. The molecule has 1 aromatic carbocycles. The van der Waals surface area contributed by atoms with Crippen molar-refractivity contribution >= 4 is 28.9 Å². The van der Waals surface area contributed by atoms with Crippen LogP contribution in [-0.4, -0.2) is 17.6 Å². The fraction of sp³-hybridized carbons (Fsp3) is 0.333. The van der Waals surface area contributed by atoms with Crippen molar-refractivity contribution in [1.82, 2.24) is 5.32 Å². The predicted molar refractivity (Wildman–Crippen MR) is 72.2 cm³/mol. The molecule has 17 heavy (non-hydrogen) atoms. The first-order chi connectivity index (χ1) is 7.90. The molecule has 4 nitrogen and oxygen atoms in total. The van der Waals surface area contributed by atoms with Crippen LogP contribution in [-0.2, 0) is 5.41 Å². The number of carbonyl (C=O) groups excluding carboxylic acids is 1. The summed E-state index contributed by atoms with van der Waals surface area (Å²) in [5, 5.41) is 5.99. The van der Waals surface area contributed by atoms with E-state index in [9.17, 15) is 4.79 Å². The molecule has 0 saturated heterocycles. The number of fused-ring (bicyclic) bond motifs is 1. The summed E-state index contributed by atoms with van der Waals surface area (Å²) >= 11 is 4.80. The van der Waals surface area contributed by atoms with Crippen molar-refractivity contribution in [1.29, 1.82) is 0 Å². The van der Waals surface area contributed by atoms with Gasteiger partial charge in [-0.2, -0.15) is 0 Å². The molecule has 4 N–H and O–H groups in total. The van der Waals surface area contributed by atoms with Crippen molar-refractivity contribution in [3.05, 3.63) is 29.3 Å². The molecule has 0 saturated carbocycles. The van der Waals surface area contributed by atoms with Gasteiger partial charge in [-0.1, -0.05) is 13.8 Å². The molecule has 0 fully saturated rings. The molecule has 1 amide bonds. The Morgan fingerprint density at radius 3 is 2.88 bits per heavy atom. The Bertz CT molecular complexity index is 497. The normalized spacial score (nSPS) is 16.9. The lowest BCUT2D eigenvalue weighted by Gasteiger charge is -2.32. The molecule has 5 heteroatoms. The third-order valence-corrected chi connectivity index (χ3v) is 3.05. The number of carbonyl (C=O) groups is 1. The number of amides is 1. The highest BCUT2D eigenvalue weighted by Gasteiger charge is 2.31. The average Bonchev–Trinajstić information content (AvgIpc) is 2.24. The number of nitrogens with one attached hydrogen (secondary N) is 2. The summed E-state index contributed by atoms with van der Waals surface area (Å²) in [6, 6.07) is 5.54. The molecular weight excluding hydrogens is 234 g/mol. The van der Waals surface area contributed by atoms with Crippen LogP contribution in [0.3, 0.4) is 0 Å². The van der Waals surface area contributed by atoms with Gasteiger partial charge in [0, 0.05) is 23.2 Å². The number of nitrogens with two attached hydrogens (primary N) is 1. The van der Waals surface area contributed by atoms with E-state index in [0.29, 0.717) is 6.54 Å². The summed E-state index contributed by atoms with van der Waals surface area (Å²) in [5.41, 5.74) is 7.90. The Balaban J connectivity index is 2.48. The minimum Gasteiger partial charge on any atom is -0.376 e. The molecule has 0 aliphatic carbocycles. The van der Waals surface area contributed by atoms with Crippen molar-refractivity contribution in [2.75, 3.05) is 11.9 Å². The zero-order valence-corrected chi connectivity index (χ0v) is 10.6. The predicted octanol–water partition coefficient (Wildman–Crippen LogP) is 1.36. The van der Waals surface area contributed by atoms with E-state index < -0.39 is 0 Å². The first kappa shape index (κ1) is 11.9. The van der Waals surface area contributed by atoms with Gasteiger partial charge in [0.15, 0.2) is 5.11 Å². The summed E-state index contributed by atoms with van der Waals surface area (Å²) in [6.07, 6.45) is 0. The summed E-state index contributed by atoms with van der Waals surface area (Å²) in [7, 11) is 0. The summed E-state index contributed by atoms with van der Waals surface area (Å²) in [6.45, 7) is 4.82. The zero-order valence-electron chi connectivity index (χ0n) is 9.83. The van der Waals surface area contributed by atoms with Gasteiger partial charge < -0.3 is 16.4 Å². The number of anilines is 1. The first-order valence-electron chi connectivity index (χ1n) is 5.39. The topological polar surface area (TPSA) is 67.2 Å². The molecule has 1 aromatic rings. The minimum absolute atomic E-state index is 0.0267. The third-order valence-electron chi connectivity index (χ3n) is 2.95. The van der Waals surface area contributed by atoms with Crippen LogP contribution in [0.4, 0.5) is 5.69 Å². The van der Waals surface area contributed by atoms with Crippen molar-refractivity contribution < 1.29 is 4.79 Å². The highest BCUT2D eigenvalue weighted by molar-refractivity contribution is 7.80. The number of benzene rings is 1. The van der Waals surface area contributed by atoms with Gasteiger partial charge in [-0.15, -0.1) is 0 Å². The maximum absolute atomic E-state index is 11.7. The van der Waals surface area contributed by atoms with Gasteiger partial charge >= 0.3 is 0 Å². The first-order valence-corrected chi connectivity index (χ1v) is 5.80. The highest BCUT2D eigenvalue weighted by Crippen LogP contribution is 2.31. The Hall–Kier alpha value is -1.62. The second kappa shape index (κ2) is 4.00. The summed E-state index contributed by atoms with van der Waals surface area (Å²) in [4.78, 5) is 11.7. The largest absolute Gasteiger partial charge is 0.376 e. The number of rotatable bonds is 1. The van der Waals surface area contributed by atoms with Crippen LogP contribution in [0.1, 0.15) is 29.8 Å². The van der Waals surface area contributed by atoms with E-state index in [1.54, 1.807) is 12.1 Å². The fourth-order valence-electron chi connectivity index (χ4n) is 2.01. The maximum Gasteiger partial charge on any atom is 0.251 e. The molecule has 0 radical (unpaired) electrons. The Morgan fingerprint density at radius 1 is 1.53 bits per heavy atom. The Morgan fingerprint density at radius 2 is 2.24 bits per heavy atom. The van der Waals surface area contributed by atoms with E-state index in [-0.39, 0.29) is 16.4 Å². The molecule has 90 valence electrons. The smallest absolute Gasteiger partial charge is 0.251 e. The van der Waals surface area contributed by atoms with Gasteiger partial charge in [0.1, 0.15) is 0 Å². The quantitative estimate of drug-likeness (QED) is 0.658. The molecule has 0 unspecified atom stereocenters. The van der Waals surface area contributed by atoms with Gasteiger partial charge in [0.25, 0.3) is 5.91 Å². The van der Waals surface area contributed by atoms with Gasteiger partial charge in [0.2, 0.25) is 0 Å². The number of thiocarbonyl (C=S) groups is 1. The lowest BCUT2D eigenvalue weighted by atomic mass is 9.79. The van der Waals surface area contributed by atoms with Crippen LogP contribution >= 0.6 is 12.2 Å². The van der Waals surface area contributed by atoms with Crippen molar-refractivity contribution in [2.45, 2.75) is 19.3 Å². The van der Waals surface area contributed by atoms with Gasteiger partial charge in [-0.05, 0) is 36.0 Å². The lowest BCUT2D eigenvalue weighted by molar-refractivity contribution is 0.0930. The molecule has 0 atom stereocenters. The average molecular weight is 249 g/mol. The summed E-state index contributed by atoms with van der Waals surface area (Å²) in [5.74, 6) is -0.0267. The van der Waals surface area contributed by atoms with Gasteiger partial charge in [0.05, 0.1) is 0 Å². The van der Waals surface area contributed by atoms with Crippen LogP contribution in [0.15, 0.2) is 18.2 Å². The van der Waals surface area contributed by atoms with E-state index >= 15 is 0 Å². The lowest BCUT2D eigenvalue weighted by Crippen LogP contribution is -2.43. The van der Waals surface area contributed by atoms with E-state index in [0.717, 1.165) is 16.8 Å². The summed E-state index contributed by atoms with van der Waals surface area (Å²) < 4.78 is 0. The molecule has 1 aliphatic heterocycles. The Kier molecular flexibility index (Phi) is 2.79. The Labute approximate surface area is 106 Å². The second-order valence-electron chi connectivity index (χ2n) is 4.82. The fourth-order valence-corrected chi connectivity index (χ4v) is 2.13. The van der Waals surface area contributed by atoms with E-state index in [1.807, 2.05) is 6.07 Å². The van der Waals surface area contributed by atoms with Crippen molar-refractivity contribution in [3.8, 4) is 0 Å². The van der Waals surface area contributed by atoms with Gasteiger partial charge in [-0.3, -0.25) is 4.79 Å². The molecular formula is C12H15N3OS. The SMILES string of the molecule is CC1(C)CNC(=O)c2ccc(NC(N)=S)cc21. The third kappa shape index (κ3) is 2.24. The van der Waals surface area contributed by atoms with Crippen LogP contribution in [0.5, 0.6) is 0 Å². The molecule has 1 aliphatic rings. The molecule has 2 rings (SSSR count). The molecule has 1 heterocycles. The highest BCUT2D eigenvalue weighted by atomic mass is 32.1. The zero-order chi connectivity index (χ0) is 12.6. The molecule has 0 bridgehead atoms. The van der Waals surface area contributed by atoms with E-state index in [2.05, 4.69) is 24.5 Å². The van der Waals surface area contributed by atoms with E-state index in [4.69, 9.17) is 18.0 Å². The van der Waals surface area contributed by atoms with Crippen molar-refractivity contribution in [2.24, 2.45) is 5.73 Å². The van der Waals surface area contributed by atoms with E-state index in [1.165, 1.54) is 0 Å². The second-order valence-corrected chi connectivity index (χ2v) is 5.26. The maximum atomic E-state index is 11.7. The number of hydrogen-bond acceptors (Lipinski definition) is 2.